The molecule has 0 amide bonds. The molecule has 1 N–H and O–H groups in total. The number of hydrogen-bond acceptors (Lipinski definition) is 4. The second-order valence-corrected chi connectivity index (χ2v) is 5.44. The van der Waals surface area contributed by atoms with Gasteiger partial charge in [-0.1, -0.05) is 48.5 Å². The number of rotatable bonds is 3. The molecule has 1 aliphatic rings. The van der Waals surface area contributed by atoms with Gasteiger partial charge in [-0.2, -0.15) is 0 Å². The van der Waals surface area contributed by atoms with Crippen LogP contribution in [0.5, 0.6) is 5.75 Å². The molecule has 1 heterocycles. The maximum atomic E-state index is 12.7. The molecule has 0 saturated heterocycles. The Bertz CT molecular complexity index is 693. The second-order valence-electron chi connectivity index (χ2n) is 5.44. The van der Waals surface area contributed by atoms with Gasteiger partial charge in [-0.25, -0.2) is 4.79 Å². The molecule has 0 radical (unpaired) electrons. The van der Waals surface area contributed by atoms with Gasteiger partial charge in [0.1, 0.15) is 11.4 Å². The fraction of sp³-hybridized carbons (Fsp3) is 0.278. The predicted octanol–water partition coefficient (Wildman–Crippen LogP) is 2.75. The molecular weight excluding hydrogens is 280 g/mol. The summed E-state index contributed by atoms with van der Waals surface area (Å²) in [7, 11) is 0. The minimum Gasteiger partial charge on any atom is -0.467 e. The van der Waals surface area contributed by atoms with E-state index in [0.717, 1.165) is 0 Å². The van der Waals surface area contributed by atoms with Gasteiger partial charge in [0, 0.05) is 11.1 Å². The zero-order chi connectivity index (χ0) is 15.8. The summed E-state index contributed by atoms with van der Waals surface area (Å²) in [6.07, 6.45) is 0. The average Bonchev–Trinajstić information content (AvgIpc) is 2.77. The summed E-state index contributed by atoms with van der Waals surface area (Å²) in [6, 6.07) is 16.1. The average molecular weight is 298 g/mol. The highest BCUT2D eigenvalue weighted by Gasteiger charge is 2.64. The molecular formula is C18H18O4. The molecule has 0 aromatic heterocycles. The van der Waals surface area contributed by atoms with Gasteiger partial charge in [0.05, 0.1) is 6.61 Å². The van der Waals surface area contributed by atoms with Crippen molar-refractivity contribution in [2.24, 2.45) is 0 Å². The molecule has 1 aliphatic heterocycles. The van der Waals surface area contributed by atoms with Gasteiger partial charge in [-0.05, 0) is 19.9 Å². The van der Waals surface area contributed by atoms with Gasteiger partial charge >= 0.3 is 5.97 Å². The quantitative estimate of drug-likeness (QED) is 0.885. The highest BCUT2D eigenvalue weighted by molar-refractivity contribution is 5.85. The molecule has 0 fully saturated rings. The lowest BCUT2D eigenvalue weighted by Gasteiger charge is -2.36. The number of ether oxygens (including phenoxy) is 2. The molecule has 2 unspecified atom stereocenters. The predicted molar refractivity (Wildman–Crippen MR) is 81.4 cm³/mol. The van der Waals surface area contributed by atoms with E-state index in [0.29, 0.717) is 16.9 Å². The van der Waals surface area contributed by atoms with Crippen molar-refractivity contribution in [2.45, 2.75) is 25.0 Å². The first-order valence-electron chi connectivity index (χ1n) is 7.27. The first kappa shape index (κ1) is 14.6. The van der Waals surface area contributed by atoms with E-state index in [9.17, 15) is 9.90 Å². The highest BCUT2D eigenvalue weighted by Crippen LogP contribution is 2.53. The Kier molecular flexibility index (Phi) is 3.41. The molecule has 4 heteroatoms. The van der Waals surface area contributed by atoms with E-state index in [1.807, 2.05) is 12.1 Å². The van der Waals surface area contributed by atoms with Crippen LogP contribution in [-0.4, -0.2) is 17.7 Å². The number of carbonyl (C=O) groups is 1. The van der Waals surface area contributed by atoms with E-state index in [-0.39, 0.29) is 6.61 Å². The van der Waals surface area contributed by atoms with E-state index in [4.69, 9.17) is 9.47 Å². The molecule has 0 bridgehead atoms. The van der Waals surface area contributed by atoms with Crippen molar-refractivity contribution in [3.63, 3.8) is 0 Å². The Hall–Kier alpha value is -2.33. The van der Waals surface area contributed by atoms with Crippen molar-refractivity contribution in [2.75, 3.05) is 6.61 Å². The summed E-state index contributed by atoms with van der Waals surface area (Å²) >= 11 is 0. The molecule has 2 aromatic carbocycles. The third kappa shape index (κ3) is 1.84. The Morgan fingerprint density at radius 3 is 2.41 bits per heavy atom. The van der Waals surface area contributed by atoms with Crippen LogP contribution in [0.15, 0.2) is 54.6 Å². The van der Waals surface area contributed by atoms with Crippen molar-refractivity contribution < 1.29 is 19.4 Å². The summed E-state index contributed by atoms with van der Waals surface area (Å²) in [4.78, 5) is 12.7. The molecule has 4 nitrogen and oxygen atoms in total. The Balaban J connectivity index is 2.23. The SMILES string of the molecule is CCOC(=O)C1(c2ccccc2)Oc2ccccc2C1(C)O. The normalized spacial score (nSPS) is 26.1. The van der Waals surface area contributed by atoms with Crippen LogP contribution in [-0.2, 0) is 20.7 Å². The lowest BCUT2D eigenvalue weighted by molar-refractivity contribution is -0.185. The van der Waals surface area contributed by atoms with Crippen LogP contribution in [0.2, 0.25) is 0 Å². The summed E-state index contributed by atoms with van der Waals surface area (Å²) in [6.45, 7) is 3.53. The lowest BCUT2D eigenvalue weighted by atomic mass is 9.76. The summed E-state index contributed by atoms with van der Waals surface area (Å²) in [5, 5.41) is 11.2. The van der Waals surface area contributed by atoms with Gasteiger partial charge in [0.2, 0.25) is 0 Å². The minimum absolute atomic E-state index is 0.212. The molecule has 0 aliphatic carbocycles. The maximum Gasteiger partial charge on any atom is 0.358 e. The van der Waals surface area contributed by atoms with Crippen LogP contribution in [0.3, 0.4) is 0 Å². The number of aliphatic hydroxyl groups is 1. The van der Waals surface area contributed by atoms with Gasteiger partial charge in [0.15, 0.2) is 0 Å². The zero-order valence-corrected chi connectivity index (χ0v) is 12.6. The van der Waals surface area contributed by atoms with E-state index in [1.54, 1.807) is 56.3 Å². The monoisotopic (exact) mass is 298 g/mol. The molecule has 0 spiro atoms. The van der Waals surface area contributed by atoms with Crippen molar-refractivity contribution in [1.82, 2.24) is 0 Å². The fourth-order valence-corrected chi connectivity index (χ4v) is 3.02. The molecule has 0 saturated carbocycles. The molecule has 2 atom stereocenters. The van der Waals surface area contributed by atoms with E-state index < -0.39 is 17.2 Å². The van der Waals surface area contributed by atoms with Crippen LogP contribution in [0.1, 0.15) is 25.0 Å². The molecule has 22 heavy (non-hydrogen) atoms. The van der Waals surface area contributed by atoms with E-state index in [2.05, 4.69) is 0 Å². The summed E-state index contributed by atoms with van der Waals surface area (Å²) in [5.41, 5.74) is -1.99. The van der Waals surface area contributed by atoms with Crippen LogP contribution >= 0.6 is 0 Å². The van der Waals surface area contributed by atoms with Crippen molar-refractivity contribution >= 4 is 5.97 Å². The van der Waals surface area contributed by atoms with Crippen LogP contribution in [0.4, 0.5) is 0 Å². The number of benzene rings is 2. The van der Waals surface area contributed by atoms with E-state index >= 15 is 0 Å². The van der Waals surface area contributed by atoms with Gasteiger partial charge in [0.25, 0.3) is 5.60 Å². The van der Waals surface area contributed by atoms with Crippen LogP contribution in [0.25, 0.3) is 0 Å². The molecule has 114 valence electrons. The summed E-state index contributed by atoms with van der Waals surface area (Å²) in [5.74, 6) is -0.105. The third-order valence-electron chi connectivity index (χ3n) is 4.10. The van der Waals surface area contributed by atoms with Crippen molar-refractivity contribution in [3.05, 3.63) is 65.7 Å². The second kappa shape index (κ2) is 5.14. The summed E-state index contributed by atoms with van der Waals surface area (Å²) < 4.78 is 11.2. The van der Waals surface area contributed by atoms with Gasteiger partial charge < -0.3 is 14.6 Å². The van der Waals surface area contributed by atoms with Gasteiger partial charge in [-0.3, -0.25) is 0 Å². The molecule has 3 rings (SSSR count). The number of carbonyl (C=O) groups excluding carboxylic acids is 1. The van der Waals surface area contributed by atoms with Crippen LogP contribution in [0, 0.1) is 0 Å². The van der Waals surface area contributed by atoms with Crippen LogP contribution < -0.4 is 4.74 Å². The first-order valence-corrected chi connectivity index (χ1v) is 7.27. The van der Waals surface area contributed by atoms with E-state index in [1.165, 1.54) is 0 Å². The first-order chi connectivity index (χ1) is 10.5. The standard InChI is InChI=1S/C18H18O4/c1-3-21-16(19)18(13-9-5-4-6-10-13)17(2,20)14-11-7-8-12-15(14)22-18/h4-12,20H,3H2,1-2H3. The number of hydrogen-bond donors (Lipinski definition) is 1. The largest absolute Gasteiger partial charge is 0.467 e. The Morgan fingerprint density at radius 2 is 1.77 bits per heavy atom. The number of fused-ring (bicyclic) bond motifs is 1. The lowest BCUT2D eigenvalue weighted by Crippen LogP contribution is -2.54. The molecule has 2 aromatic rings. The van der Waals surface area contributed by atoms with Crippen molar-refractivity contribution in [3.8, 4) is 5.75 Å². The highest BCUT2D eigenvalue weighted by atomic mass is 16.6. The maximum absolute atomic E-state index is 12.7. The smallest absolute Gasteiger partial charge is 0.358 e. The van der Waals surface area contributed by atoms with Gasteiger partial charge in [-0.15, -0.1) is 0 Å². The zero-order valence-electron chi connectivity index (χ0n) is 12.6. The third-order valence-corrected chi connectivity index (χ3v) is 4.10. The topological polar surface area (TPSA) is 55.8 Å². The fourth-order valence-electron chi connectivity index (χ4n) is 3.02. The van der Waals surface area contributed by atoms with Crippen molar-refractivity contribution in [1.29, 1.82) is 0 Å². The minimum atomic E-state index is -1.60. The number of para-hydroxylation sites is 1. The number of esters is 1. The Morgan fingerprint density at radius 1 is 1.14 bits per heavy atom. The Labute approximate surface area is 129 Å².